The molecule has 1 saturated heterocycles. The van der Waals surface area contributed by atoms with Crippen molar-refractivity contribution < 1.29 is 17.9 Å². The van der Waals surface area contributed by atoms with Crippen LogP contribution in [-0.4, -0.2) is 17.5 Å². The van der Waals surface area contributed by atoms with Crippen molar-refractivity contribution in [2.45, 2.75) is 36.9 Å². The van der Waals surface area contributed by atoms with Crippen molar-refractivity contribution in [3.63, 3.8) is 0 Å². The minimum absolute atomic E-state index is 0.207. The van der Waals surface area contributed by atoms with Gasteiger partial charge in [-0.2, -0.15) is 13.2 Å². The van der Waals surface area contributed by atoms with Crippen LogP contribution in [0.1, 0.15) is 24.5 Å². The molecule has 1 aromatic rings. The summed E-state index contributed by atoms with van der Waals surface area (Å²) in [7, 11) is 0. The van der Waals surface area contributed by atoms with E-state index in [4.69, 9.17) is 4.74 Å². The van der Waals surface area contributed by atoms with Crippen LogP contribution in [0.2, 0.25) is 0 Å². The lowest BCUT2D eigenvalue weighted by molar-refractivity contribution is -0.137. The molecule has 0 amide bonds. The van der Waals surface area contributed by atoms with E-state index in [0.29, 0.717) is 5.92 Å². The number of hydrogen-bond acceptors (Lipinski definition) is 1. The lowest BCUT2D eigenvalue weighted by Gasteiger charge is -2.20. The van der Waals surface area contributed by atoms with Crippen LogP contribution < -0.4 is 0 Å². The first-order chi connectivity index (χ1) is 8.88. The van der Waals surface area contributed by atoms with Crippen molar-refractivity contribution in [3.05, 3.63) is 35.4 Å². The molecule has 1 aliphatic heterocycles. The predicted octanol–water partition coefficient (Wildman–Crippen LogP) is 4.44. The van der Waals surface area contributed by atoms with E-state index in [9.17, 15) is 13.2 Å². The SMILES string of the molecule is CC1OCCC1C(Br)Cc1ccc(C(F)(F)F)cc1. The average molecular weight is 337 g/mol. The van der Waals surface area contributed by atoms with Crippen molar-refractivity contribution in [3.8, 4) is 0 Å². The molecule has 0 saturated carbocycles. The third kappa shape index (κ3) is 3.72. The first-order valence-electron chi connectivity index (χ1n) is 6.29. The molecule has 1 fully saturated rings. The van der Waals surface area contributed by atoms with E-state index in [0.717, 1.165) is 37.1 Å². The van der Waals surface area contributed by atoms with Gasteiger partial charge in [-0.1, -0.05) is 28.1 Å². The van der Waals surface area contributed by atoms with Crippen LogP contribution in [0.3, 0.4) is 0 Å². The van der Waals surface area contributed by atoms with Gasteiger partial charge in [0.1, 0.15) is 0 Å². The number of ether oxygens (including phenoxy) is 1. The molecule has 0 spiro atoms. The van der Waals surface area contributed by atoms with Crippen LogP contribution in [0.25, 0.3) is 0 Å². The Morgan fingerprint density at radius 3 is 2.42 bits per heavy atom. The van der Waals surface area contributed by atoms with Gasteiger partial charge in [0, 0.05) is 11.4 Å². The smallest absolute Gasteiger partial charge is 0.378 e. The Kier molecular flexibility index (Phi) is 4.56. The summed E-state index contributed by atoms with van der Waals surface area (Å²) in [5.41, 5.74) is 0.314. The first-order valence-corrected chi connectivity index (χ1v) is 7.21. The monoisotopic (exact) mass is 336 g/mol. The molecular formula is C14H16BrF3O. The van der Waals surface area contributed by atoms with Crippen molar-refractivity contribution in [2.75, 3.05) is 6.61 Å². The van der Waals surface area contributed by atoms with E-state index < -0.39 is 11.7 Å². The van der Waals surface area contributed by atoms with Crippen molar-refractivity contribution in [1.29, 1.82) is 0 Å². The molecule has 19 heavy (non-hydrogen) atoms. The van der Waals surface area contributed by atoms with E-state index in [1.165, 1.54) is 0 Å². The zero-order valence-electron chi connectivity index (χ0n) is 10.6. The largest absolute Gasteiger partial charge is 0.416 e. The Morgan fingerprint density at radius 2 is 1.95 bits per heavy atom. The van der Waals surface area contributed by atoms with E-state index in [1.807, 2.05) is 6.92 Å². The summed E-state index contributed by atoms with van der Waals surface area (Å²) in [5.74, 6) is 0.419. The van der Waals surface area contributed by atoms with Crippen LogP contribution in [0.5, 0.6) is 0 Å². The van der Waals surface area contributed by atoms with Gasteiger partial charge in [0.05, 0.1) is 11.7 Å². The quantitative estimate of drug-likeness (QED) is 0.741. The second-order valence-electron chi connectivity index (χ2n) is 4.94. The van der Waals surface area contributed by atoms with Crippen molar-refractivity contribution in [1.82, 2.24) is 0 Å². The molecule has 0 aromatic heterocycles. The van der Waals surface area contributed by atoms with Gasteiger partial charge in [0.15, 0.2) is 0 Å². The summed E-state index contributed by atoms with van der Waals surface area (Å²) in [6.45, 7) is 2.81. The predicted molar refractivity (Wildman–Crippen MR) is 71.4 cm³/mol. The minimum atomic E-state index is -4.26. The Hall–Kier alpha value is -0.550. The molecule has 1 nitrogen and oxygen atoms in total. The number of benzene rings is 1. The normalized spacial score (nSPS) is 25.5. The lowest BCUT2D eigenvalue weighted by Crippen LogP contribution is -2.23. The van der Waals surface area contributed by atoms with E-state index in [2.05, 4.69) is 15.9 Å². The summed E-state index contributed by atoms with van der Waals surface area (Å²) in [5, 5.41) is 0. The molecule has 3 atom stereocenters. The van der Waals surface area contributed by atoms with Crippen LogP contribution in [0, 0.1) is 5.92 Å². The molecule has 5 heteroatoms. The Balaban J connectivity index is 1.99. The highest BCUT2D eigenvalue weighted by atomic mass is 79.9. The molecule has 1 aromatic carbocycles. The molecule has 3 unspecified atom stereocenters. The standard InChI is InChI=1S/C14H16BrF3O/c1-9-12(6-7-19-9)13(15)8-10-2-4-11(5-3-10)14(16,17)18/h2-5,9,12-13H,6-8H2,1H3. The third-order valence-corrected chi connectivity index (χ3v) is 4.61. The van der Waals surface area contributed by atoms with Crippen molar-refractivity contribution >= 4 is 15.9 Å². The lowest BCUT2D eigenvalue weighted by atomic mass is 9.94. The summed E-state index contributed by atoms with van der Waals surface area (Å²) in [6.07, 6.45) is -2.34. The maximum Gasteiger partial charge on any atom is 0.416 e. The van der Waals surface area contributed by atoms with Crippen LogP contribution in [0.4, 0.5) is 13.2 Å². The van der Waals surface area contributed by atoms with Gasteiger partial charge < -0.3 is 4.74 Å². The number of hydrogen-bond donors (Lipinski definition) is 0. The molecule has 0 radical (unpaired) electrons. The minimum Gasteiger partial charge on any atom is -0.378 e. The fourth-order valence-corrected chi connectivity index (χ4v) is 3.50. The maximum absolute atomic E-state index is 12.5. The molecule has 106 valence electrons. The van der Waals surface area contributed by atoms with Crippen LogP contribution in [-0.2, 0) is 17.3 Å². The highest BCUT2D eigenvalue weighted by Crippen LogP contribution is 2.32. The van der Waals surface area contributed by atoms with Gasteiger partial charge in [-0.25, -0.2) is 0 Å². The van der Waals surface area contributed by atoms with E-state index >= 15 is 0 Å². The van der Waals surface area contributed by atoms with Crippen molar-refractivity contribution in [2.24, 2.45) is 5.92 Å². The highest BCUT2D eigenvalue weighted by molar-refractivity contribution is 9.09. The molecule has 1 aliphatic rings. The Morgan fingerprint density at radius 1 is 1.32 bits per heavy atom. The summed E-state index contributed by atoms with van der Waals surface area (Å²) in [6, 6.07) is 5.39. The number of alkyl halides is 4. The zero-order valence-corrected chi connectivity index (χ0v) is 12.2. The van der Waals surface area contributed by atoms with Gasteiger partial charge in [-0.05, 0) is 43.4 Å². The van der Waals surface area contributed by atoms with E-state index in [1.54, 1.807) is 12.1 Å². The Labute approximate surface area is 119 Å². The highest BCUT2D eigenvalue weighted by Gasteiger charge is 2.31. The maximum atomic E-state index is 12.5. The van der Waals surface area contributed by atoms with E-state index in [-0.39, 0.29) is 10.9 Å². The summed E-state index contributed by atoms with van der Waals surface area (Å²) in [4.78, 5) is 0.238. The third-order valence-electron chi connectivity index (χ3n) is 3.61. The molecule has 0 N–H and O–H groups in total. The van der Waals surface area contributed by atoms with Gasteiger partial charge in [-0.15, -0.1) is 0 Å². The number of halogens is 4. The molecule has 2 rings (SSSR count). The molecule has 1 heterocycles. The van der Waals surface area contributed by atoms with Gasteiger partial charge in [0.2, 0.25) is 0 Å². The zero-order chi connectivity index (χ0) is 14.0. The molecule has 0 bridgehead atoms. The number of rotatable bonds is 3. The van der Waals surface area contributed by atoms with Gasteiger partial charge >= 0.3 is 6.18 Å². The summed E-state index contributed by atoms with van der Waals surface area (Å²) >= 11 is 3.64. The van der Waals surface area contributed by atoms with Crippen LogP contribution >= 0.6 is 15.9 Å². The van der Waals surface area contributed by atoms with Crippen LogP contribution in [0.15, 0.2) is 24.3 Å². The Bertz CT molecular complexity index is 416. The molecular weight excluding hydrogens is 321 g/mol. The average Bonchev–Trinajstić information content (AvgIpc) is 2.75. The topological polar surface area (TPSA) is 9.23 Å². The second kappa shape index (κ2) is 5.83. The fraction of sp³-hybridized carbons (Fsp3) is 0.571. The first kappa shape index (κ1) is 14.9. The summed E-state index contributed by atoms with van der Waals surface area (Å²) < 4.78 is 42.9. The van der Waals surface area contributed by atoms with Gasteiger partial charge in [0.25, 0.3) is 0 Å². The molecule has 0 aliphatic carbocycles. The fourth-order valence-electron chi connectivity index (χ4n) is 2.43. The second-order valence-corrected chi connectivity index (χ2v) is 6.12. The van der Waals surface area contributed by atoms with Gasteiger partial charge in [-0.3, -0.25) is 0 Å².